The number of aliphatic hydroxyl groups is 1. The Morgan fingerprint density at radius 2 is 1.97 bits per heavy atom. The molecule has 1 aromatic carbocycles. The Labute approximate surface area is 174 Å². The van der Waals surface area contributed by atoms with E-state index in [9.17, 15) is 9.50 Å². The lowest BCUT2D eigenvalue weighted by atomic mass is 9.77. The lowest BCUT2D eigenvalue weighted by molar-refractivity contribution is 0.00217. The number of anilines is 1. The fraction of sp³-hybridized carbons (Fsp3) is 0.409. The van der Waals surface area contributed by atoms with Gasteiger partial charge in [-0.3, -0.25) is 0 Å². The number of rotatable bonds is 5. The minimum absolute atomic E-state index is 0.0909. The van der Waals surface area contributed by atoms with Crippen LogP contribution in [0.25, 0.3) is 0 Å². The van der Waals surface area contributed by atoms with Crippen molar-refractivity contribution in [2.45, 2.75) is 43.2 Å². The zero-order valence-corrected chi connectivity index (χ0v) is 16.7. The molecule has 0 spiro atoms. The molecule has 0 amide bonds. The zero-order chi connectivity index (χ0) is 21.2. The van der Waals surface area contributed by atoms with E-state index in [-0.39, 0.29) is 18.2 Å². The van der Waals surface area contributed by atoms with Crippen LogP contribution in [0.4, 0.5) is 10.3 Å². The van der Waals surface area contributed by atoms with Crippen LogP contribution in [-0.2, 0) is 5.54 Å². The molecule has 1 unspecified atom stereocenters. The third-order valence-electron chi connectivity index (χ3n) is 5.92. The first-order valence-electron chi connectivity index (χ1n) is 10.00. The van der Waals surface area contributed by atoms with Gasteiger partial charge in [-0.15, -0.1) is 0 Å². The average molecular weight is 406 g/mol. The number of nitriles is 1. The number of nitrogens with one attached hydrogen (secondary N) is 1. The predicted octanol–water partition coefficient (Wildman–Crippen LogP) is 3.22. The number of aromatic nitrogens is 2. The van der Waals surface area contributed by atoms with Crippen LogP contribution in [0.15, 0.2) is 46.5 Å². The molecule has 8 heteroatoms. The van der Waals surface area contributed by atoms with Gasteiger partial charge in [0, 0.05) is 25.4 Å². The molecule has 1 saturated carbocycles. The fourth-order valence-corrected chi connectivity index (χ4v) is 4.14. The highest BCUT2D eigenvalue weighted by Gasteiger charge is 2.41. The van der Waals surface area contributed by atoms with Gasteiger partial charge in [0.2, 0.25) is 5.95 Å². The number of hydrogen-bond donors (Lipinski definition) is 2. The summed E-state index contributed by atoms with van der Waals surface area (Å²) in [5, 5.41) is 22.4. The number of amidine groups is 1. The predicted molar refractivity (Wildman–Crippen MR) is 112 cm³/mol. The third kappa shape index (κ3) is 3.68. The first-order chi connectivity index (χ1) is 14.5. The molecule has 154 valence electrons. The van der Waals surface area contributed by atoms with Crippen molar-refractivity contribution in [3.8, 4) is 6.07 Å². The molecule has 2 aromatic rings. The summed E-state index contributed by atoms with van der Waals surface area (Å²) in [6, 6.07) is 10.1. The standard InChI is InChI=1S/C22H23FN6O/c1-25-20-26-13-8-18(28-20)22(16-2-4-17(23)5-3-16)14-27-19(29-22)15-6-9-21(30,10-7-15)11-12-24/h2-5,8,13-15,30H,6-7,9-11H2,1H3,(H,25,26,28). The van der Waals surface area contributed by atoms with Gasteiger partial charge in [0.1, 0.15) is 11.7 Å². The molecular formula is C22H23FN6O. The number of benzene rings is 1. The van der Waals surface area contributed by atoms with E-state index in [0.29, 0.717) is 43.2 Å². The summed E-state index contributed by atoms with van der Waals surface area (Å²) < 4.78 is 13.6. The highest BCUT2D eigenvalue weighted by molar-refractivity contribution is 6.01. The highest BCUT2D eigenvalue weighted by Crippen LogP contribution is 2.40. The van der Waals surface area contributed by atoms with Gasteiger partial charge in [-0.25, -0.2) is 24.3 Å². The summed E-state index contributed by atoms with van der Waals surface area (Å²) in [6.07, 6.45) is 6.06. The van der Waals surface area contributed by atoms with Crippen LogP contribution in [0.5, 0.6) is 0 Å². The molecule has 4 rings (SSSR count). The molecule has 0 bridgehead atoms. The van der Waals surface area contributed by atoms with E-state index < -0.39 is 11.1 Å². The Morgan fingerprint density at radius 1 is 1.23 bits per heavy atom. The molecule has 1 aliphatic heterocycles. The maximum Gasteiger partial charge on any atom is 0.222 e. The van der Waals surface area contributed by atoms with E-state index >= 15 is 0 Å². The molecule has 7 nitrogen and oxygen atoms in total. The molecule has 0 radical (unpaired) electrons. The van der Waals surface area contributed by atoms with E-state index in [1.807, 2.05) is 0 Å². The SMILES string of the molecule is CNc1nccc(C2(c3ccc(F)cc3)C=NC(C3CCC(O)(CC#N)CC3)=N2)n1. The minimum Gasteiger partial charge on any atom is -0.389 e. The second kappa shape index (κ2) is 7.92. The van der Waals surface area contributed by atoms with Gasteiger partial charge in [0.05, 0.1) is 23.8 Å². The molecule has 1 aliphatic carbocycles. The van der Waals surface area contributed by atoms with Crippen LogP contribution in [0.2, 0.25) is 0 Å². The van der Waals surface area contributed by atoms with Gasteiger partial charge < -0.3 is 10.4 Å². The van der Waals surface area contributed by atoms with Crippen molar-refractivity contribution in [2.24, 2.45) is 15.9 Å². The van der Waals surface area contributed by atoms with Gasteiger partial charge in [0.15, 0.2) is 5.54 Å². The van der Waals surface area contributed by atoms with E-state index in [0.717, 1.165) is 5.56 Å². The Balaban J connectivity index is 1.70. The van der Waals surface area contributed by atoms with Crippen LogP contribution in [0, 0.1) is 23.1 Å². The van der Waals surface area contributed by atoms with Crippen molar-refractivity contribution < 1.29 is 9.50 Å². The van der Waals surface area contributed by atoms with Crippen molar-refractivity contribution in [3.63, 3.8) is 0 Å². The molecule has 0 saturated heterocycles. The topological polar surface area (TPSA) is 107 Å². The van der Waals surface area contributed by atoms with E-state index in [4.69, 9.17) is 10.3 Å². The van der Waals surface area contributed by atoms with Crippen LogP contribution < -0.4 is 5.32 Å². The van der Waals surface area contributed by atoms with Gasteiger partial charge >= 0.3 is 0 Å². The lowest BCUT2D eigenvalue weighted by Crippen LogP contribution is -2.35. The normalized spacial score (nSPS) is 28.1. The number of hydrogen-bond acceptors (Lipinski definition) is 7. The number of aliphatic imine (C=N–C) groups is 2. The van der Waals surface area contributed by atoms with E-state index in [1.165, 1.54) is 12.1 Å². The molecule has 1 fully saturated rings. The summed E-state index contributed by atoms with van der Waals surface area (Å²) >= 11 is 0. The summed E-state index contributed by atoms with van der Waals surface area (Å²) in [5.74, 6) is 0.928. The second-order valence-corrected chi connectivity index (χ2v) is 7.85. The number of halogens is 1. The highest BCUT2D eigenvalue weighted by atomic mass is 19.1. The zero-order valence-electron chi connectivity index (χ0n) is 16.7. The molecule has 2 heterocycles. The second-order valence-electron chi connectivity index (χ2n) is 7.85. The van der Waals surface area contributed by atoms with Gasteiger partial charge in [-0.05, 0) is 49.4 Å². The van der Waals surface area contributed by atoms with Crippen LogP contribution in [0.3, 0.4) is 0 Å². The van der Waals surface area contributed by atoms with Gasteiger partial charge in [-0.1, -0.05) is 12.1 Å². The minimum atomic E-state index is -0.960. The molecule has 2 aliphatic rings. The molecule has 1 atom stereocenters. The van der Waals surface area contributed by atoms with Crippen molar-refractivity contribution in [1.29, 1.82) is 5.26 Å². The summed E-state index contributed by atoms with van der Waals surface area (Å²) in [6.45, 7) is 0. The molecule has 1 aromatic heterocycles. The first kappa shape index (κ1) is 20.1. The largest absolute Gasteiger partial charge is 0.389 e. The summed E-state index contributed by atoms with van der Waals surface area (Å²) in [4.78, 5) is 18.4. The lowest BCUT2D eigenvalue weighted by Gasteiger charge is -2.34. The maximum absolute atomic E-state index is 13.6. The number of nitrogens with zero attached hydrogens (tertiary/aromatic N) is 5. The van der Waals surface area contributed by atoms with E-state index in [1.54, 1.807) is 37.7 Å². The quantitative estimate of drug-likeness (QED) is 0.793. The average Bonchev–Trinajstić information content (AvgIpc) is 3.21. The molecule has 30 heavy (non-hydrogen) atoms. The van der Waals surface area contributed by atoms with Crippen molar-refractivity contribution >= 4 is 18.0 Å². The first-order valence-corrected chi connectivity index (χ1v) is 10.00. The maximum atomic E-state index is 13.6. The van der Waals surface area contributed by atoms with Crippen molar-refractivity contribution in [3.05, 3.63) is 53.6 Å². The molecular weight excluding hydrogens is 383 g/mol. The molecule has 2 N–H and O–H groups in total. The Morgan fingerprint density at radius 3 is 2.63 bits per heavy atom. The Bertz CT molecular complexity index is 1020. The third-order valence-corrected chi connectivity index (χ3v) is 5.92. The van der Waals surface area contributed by atoms with Gasteiger partial charge in [0.25, 0.3) is 0 Å². The van der Waals surface area contributed by atoms with Crippen LogP contribution in [0.1, 0.15) is 43.4 Å². The van der Waals surface area contributed by atoms with Crippen molar-refractivity contribution in [2.75, 3.05) is 12.4 Å². The Hall–Kier alpha value is -3.18. The Kier molecular flexibility index (Phi) is 5.31. The summed E-state index contributed by atoms with van der Waals surface area (Å²) in [5.41, 5.74) is -0.474. The fourth-order valence-electron chi connectivity index (χ4n) is 4.14. The van der Waals surface area contributed by atoms with E-state index in [2.05, 4.69) is 26.3 Å². The monoisotopic (exact) mass is 406 g/mol. The van der Waals surface area contributed by atoms with Gasteiger partial charge in [-0.2, -0.15) is 5.26 Å². The summed E-state index contributed by atoms with van der Waals surface area (Å²) in [7, 11) is 1.74. The van der Waals surface area contributed by atoms with Crippen LogP contribution >= 0.6 is 0 Å². The van der Waals surface area contributed by atoms with Crippen LogP contribution in [-0.4, -0.2) is 39.8 Å². The van der Waals surface area contributed by atoms with Crippen molar-refractivity contribution in [1.82, 2.24) is 9.97 Å². The smallest absolute Gasteiger partial charge is 0.222 e.